The molecule has 7 heteroatoms. The van der Waals surface area contributed by atoms with Crippen molar-refractivity contribution in [3.63, 3.8) is 0 Å². The first-order chi connectivity index (χ1) is 11.3. The number of carbonyl (C=O) groups excluding carboxylic acids is 1. The second kappa shape index (κ2) is 7.41. The van der Waals surface area contributed by atoms with Crippen LogP contribution < -0.4 is 15.0 Å². The Morgan fingerprint density at radius 2 is 2.35 bits per heavy atom. The highest BCUT2D eigenvalue weighted by atomic mass is 32.1. The van der Waals surface area contributed by atoms with Crippen LogP contribution in [0.4, 0.5) is 5.82 Å². The molecule has 0 spiro atoms. The molecule has 0 bridgehead atoms. The molecule has 1 N–H and O–H groups in total. The van der Waals surface area contributed by atoms with Crippen LogP contribution in [0.3, 0.4) is 0 Å². The zero-order valence-corrected chi connectivity index (χ0v) is 13.9. The zero-order chi connectivity index (χ0) is 16.1. The monoisotopic (exact) mass is 332 g/mol. The number of aromatic nitrogens is 2. The number of rotatable bonds is 6. The summed E-state index contributed by atoms with van der Waals surface area (Å²) >= 11 is 1.61. The topological polar surface area (TPSA) is 67.4 Å². The van der Waals surface area contributed by atoms with Crippen LogP contribution in [-0.2, 0) is 11.2 Å². The number of nitrogens with one attached hydrogen (secondary N) is 1. The molecule has 1 aliphatic heterocycles. The Hall–Kier alpha value is -2.15. The standard InChI is InChI=1S/C16H20N4O2S/c1-2-22-16-15(17-6-7-18-16)20-8-5-12(11-20)19-14(21)10-13-4-3-9-23-13/h3-4,6-7,9,12H,2,5,8,10-11H2,1H3,(H,19,21)/t12-/m0/s1. The largest absolute Gasteiger partial charge is 0.475 e. The van der Waals surface area contributed by atoms with Crippen LogP contribution in [0.5, 0.6) is 5.88 Å². The van der Waals surface area contributed by atoms with E-state index in [0.717, 1.165) is 30.2 Å². The molecule has 1 saturated heterocycles. The van der Waals surface area contributed by atoms with E-state index in [-0.39, 0.29) is 11.9 Å². The van der Waals surface area contributed by atoms with Crippen LogP contribution in [0.25, 0.3) is 0 Å². The fourth-order valence-electron chi connectivity index (χ4n) is 2.69. The van der Waals surface area contributed by atoms with Gasteiger partial charge in [-0.2, -0.15) is 0 Å². The first-order valence-corrected chi connectivity index (χ1v) is 8.64. The number of hydrogen-bond donors (Lipinski definition) is 1. The number of amides is 1. The first kappa shape index (κ1) is 15.7. The molecule has 1 atom stereocenters. The quantitative estimate of drug-likeness (QED) is 0.875. The van der Waals surface area contributed by atoms with Gasteiger partial charge in [-0.3, -0.25) is 4.79 Å². The molecule has 1 fully saturated rings. The summed E-state index contributed by atoms with van der Waals surface area (Å²) in [5.74, 6) is 1.38. The number of nitrogens with zero attached hydrogens (tertiary/aromatic N) is 3. The van der Waals surface area contributed by atoms with Gasteiger partial charge in [-0.15, -0.1) is 11.3 Å². The molecule has 2 aromatic rings. The third kappa shape index (κ3) is 3.98. The highest BCUT2D eigenvalue weighted by Crippen LogP contribution is 2.26. The van der Waals surface area contributed by atoms with Gasteiger partial charge in [-0.05, 0) is 24.8 Å². The summed E-state index contributed by atoms with van der Waals surface area (Å²) in [6.45, 7) is 4.05. The molecule has 3 rings (SSSR count). The van der Waals surface area contributed by atoms with Gasteiger partial charge in [0.15, 0.2) is 5.82 Å². The Kier molecular flexibility index (Phi) is 5.07. The van der Waals surface area contributed by atoms with E-state index >= 15 is 0 Å². The molecular weight excluding hydrogens is 312 g/mol. The van der Waals surface area contributed by atoms with Gasteiger partial charge in [-0.1, -0.05) is 6.07 Å². The summed E-state index contributed by atoms with van der Waals surface area (Å²) in [6.07, 6.45) is 4.65. The van der Waals surface area contributed by atoms with Crippen molar-refractivity contribution in [3.8, 4) is 5.88 Å². The SMILES string of the molecule is CCOc1nccnc1N1CC[C@H](NC(=O)Cc2cccs2)C1. The van der Waals surface area contributed by atoms with E-state index in [4.69, 9.17) is 4.74 Å². The molecule has 23 heavy (non-hydrogen) atoms. The summed E-state index contributed by atoms with van der Waals surface area (Å²) in [4.78, 5) is 23.9. The van der Waals surface area contributed by atoms with Crippen molar-refractivity contribution in [1.82, 2.24) is 15.3 Å². The average Bonchev–Trinajstić information content (AvgIpc) is 3.20. The van der Waals surface area contributed by atoms with E-state index in [2.05, 4.69) is 20.2 Å². The summed E-state index contributed by atoms with van der Waals surface area (Å²) in [5, 5.41) is 5.09. The first-order valence-electron chi connectivity index (χ1n) is 7.76. The van der Waals surface area contributed by atoms with E-state index in [9.17, 15) is 4.79 Å². The molecule has 6 nitrogen and oxygen atoms in total. The minimum Gasteiger partial charge on any atom is -0.475 e. The Morgan fingerprint density at radius 1 is 1.48 bits per heavy atom. The van der Waals surface area contributed by atoms with E-state index in [1.807, 2.05) is 24.4 Å². The molecule has 3 heterocycles. The second-order valence-electron chi connectivity index (χ2n) is 5.37. The normalized spacial score (nSPS) is 17.3. The fraction of sp³-hybridized carbons (Fsp3) is 0.438. The highest BCUT2D eigenvalue weighted by molar-refractivity contribution is 7.10. The van der Waals surface area contributed by atoms with Crippen molar-refractivity contribution in [3.05, 3.63) is 34.8 Å². The van der Waals surface area contributed by atoms with Gasteiger partial charge in [-0.25, -0.2) is 9.97 Å². The Balaban J connectivity index is 1.57. The van der Waals surface area contributed by atoms with Crippen molar-refractivity contribution >= 4 is 23.1 Å². The third-order valence-electron chi connectivity index (χ3n) is 3.70. The molecule has 1 aliphatic rings. The predicted molar refractivity (Wildman–Crippen MR) is 90.0 cm³/mol. The van der Waals surface area contributed by atoms with Crippen molar-refractivity contribution in [2.24, 2.45) is 0 Å². The summed E-state index contributed by atoms with van der Waals surface area (Å²) in [7, 11) is 0. The molecule has 2 aromatic heterocycles. The molecular formula is C16H20N4O2S. The van der Waals surface area contributed by atoms with E-state index < -0.39 is 0 Å². The summed E-state index contributed by atoms with van der Waals surface area (Å²) in [5.41, 5.74) is 0. The van der Waals surface area contributed by atoms with Gasteiger partial charge >= 0.3 is 0 Å². The molecule has 0 aliphatic carbocycles. The van der Waals surface area contributed by atoms with Gasteiger partial charge in [0.2, 0.25) is 5.91 Å². The number of thiophene rings is 1. The molecule has 0 saturated carbocycles. The van der Waals surface area contributed by atoms with Gasteiger partial charge < -0.3 is 15.0 Å². The number of anilines is 1. The maximum Gasteiger partial charge on any atom is 0.257 e. The van der Waals surface area contributed by atoms with Gasteiger partial charge in [0, 0.05) is 36.4 Å². The van der Waals surface area contributed by atoms with Crippen LogP contribution in [0.15, 0.2) is 29.9 Å². The molecule has 0 unspecified atom stereocenters. The van der Waals surface area contributed by atoms with Crippen LogP contribution in [0.2, 0.25) is 0 Å². The lowest BCUT2D eigenvalue weighted by Gasteiger charge is -2.19. The van der Waals surface area contributed by atoms with Crippen LogP contribution in [0, 0.1) is 0 Å². The minimum atomic E-state index is 0.0727. The molecule has 0 aromatic carbocycles. The highest BCUT2D eigenvalue weighted by Gasteiger charge is 2.27. The fourth-order valence-corrected chi connectivity index (χ4v) is 3.40. The van der Waals surface area contributed by atoms with Crippen molar-refractivity contribution in [2.45, 2.75) is 25.8 Å². The lowest BCUT2D eigenvalue weighted by atomic mass is 10.2. The van der Waals surface area contributed by atoms with Gasteiger partial charge in [0.25, 0.3) is 5.88 Å². The Labute approximate surface area is 139 Å². The number of carbonyl (C=O) groups is 1. The van der Waals surface area contributed by atoms with E-state index in [0.29, 0.717) is 18.9 Å². The van der Waals surface area contributed by atoms with Crippen LogP contribution in [-0.4, -0.2) is 41.6 Å². The second-order valence-corrected chi connectivity index (χ2v) is 6.41. The lowest BCUT2D eigenvalue weighted by molar-refractivity contribution is -0.120. The predicted octanol–water partition coefficient (Wildman–Crippen LogP) is 1.87. The maximum absolute atomic E-state index is 12.1. The number of hydrogen-bond acceptors (Lipinski definition) is 6. The Bertz CT molecular complexity index is 647. The van der Waals surface area contributed by atoms with E-state index in [1.54, 1.807) is 23.7 Å². The van der Waals surface area contributed by atoms with Gasteiger partial charge in [0.1, 0.15) is 0 Å². The minimum absolute atomic E-state index is 0.0727. The lowest BCUT2D eigenvalue weighted by Crippen LogP contribution is -2.38. The van der Waals surface area contributed by atoms with Crippen molar-refractivity contribution in [2.75, 3.05) is 24.6 Å². The number of ether oxygens (including phenoxy) is 1. The third-order valence-corrected chi connectivity index (χ3v) is 4.57. The van der Waals surface area contributed by atoms with Crippen molar-refractivity contribution in [1.29, 1.82) is 0 Å². The Morgan fingerprint density at radius 3 is 3.13 bits per heavy atom. The smallest absolute Gasteiger partial charge is 0.257 e. The molecule has 122 valence electrons. The van der Waals surface area contributed by atoms with Gasteiger partial charge in [0.05, 0.1) is 13.0 Å². The van der Waals surface area contributed by atoms with E-state index in [1.165, 1.54) is 0 Å². The molecule has 1 amide bonds. The summed E-state index contributed by atoms with van der Waals surface area (Å²) < 4.78 is 5.53. The van der Waals surface area contributed by atoms with Crippen LogP contribution in [0.1, 0.15) is 18.2 Å². The van der Waals surface area contributed by atoms with Crippen LogP contribution >= 0.6 is 11.3 Å². The maximum atomic E-state index is 12.1. The zero-order valence-electron chi connectivity index (χ0n) is 13.1. The van der Waals surface area contributed by atoms with Crippen molar-refractivity contribution < 1.29 is 9.53 Å². The molecule has 0 radical (unpaired) electrons. The summed E-state index contributed by atoms with van der Waals surface area (Å²) in [6, 6.07) is 4.09. The average molecular weight is 332 g/mol.